The molecule has 1 aliphatic rings. The number of nitrogens with zero attached hydrogens (tertiary/aromatic N) is 2. The van der Waals surface area contributed by atoms with E-state index >= 15 is 0 Å². The number of hydrogen-bond donors (Lipinski definition) is 0. The third-order valence-corrected chi connectivity index (χ3v) is 3.90. The van der Waals surface area contributed by atoms with E-state index in [1.54, 1.807) is 30.3 Å². The second kappa shape index (κ2) is 7.11. The van der Waals surface area contributed by atoms with Crippen LogP contribution in [0.1, 0.15) is 11.1 Å². The zero-order valence-corrected chi connectivity index (χ0v) is 14.0. The van der Waals surface area contributed by atoms with Gasteiger partial charge in [-0.2, -0.15) is 5.26 Å². The molecule has 0 radical (unpaired) electrons. The number of halogens is 1. The molecule has 24 heavy (non-hydrogen) atoms. The zero-order valence-electron chi connectivity index (χ0n) is 12.4. The van der Waals surface area contributed by atoms with Gasteiger partial charge in [-0.05, 0) is 51.8 Å². The molecule has 0 unspecified atom stereocenters. The summed E-state index contributed by atoms with van der Waals surface area (Å²) >= 11 is 3.41. The number of ether oxygens (including phenoxy) is 2. The first-order chi connectivity index (χ1) is 11.7. The Kier molecular flexibility index (Phi) is 4.73. The Morgan fingerprint density at radius 1 is 1.21 bits per heavy atom. The van der Waals surface area contributed by atoms with Crippen molar-refractivity contribution in [1.82, 2.24) is 0 Å². The number of cyclic esters (lactones) is 1. The Morgan fingerprint density at radius 2 is 1.96 bits per heavy atom. The summed E-state index contributed by atoms with van der Waals surface area (Å²) in [5.74, 6) is 0.364. The largest absolute Gasteiger partial charge is 0.479 e. The second-order valence-electron chi connectivity index (χ2n) is 4.83. The molecule has 0 bridgehead atoms. The van der Waals surface area contributed by atoms with E-state index in [4.69, 9.17) is 14.7 Å². The quantitative estimate of drug-likeness (QED) is 0.596. The molecule has 0 saturated carbocycles. The van der Waals surface area contributed by atoms with Gasteiger partial charge in [0.1, 0.15) is 11.8 Å². The number of carbonyl (C=O) groups excluding carboxylic acids is 1. The minimum atomic E-state index is -0.495. The Labute approximate surface area is 147 Å². The van der Waals surface area contributed by atoms with Gasteiger partial charge in [-0.3, -0.25) is 0 Å². The van der Waals surface area contributed by atoms with Crippen LogP contribution in [-0.4, -0.2) is 18.5 Å². The molecule has 0 atom stereocenters. The van der Waals surface area contributed by atoms with E-state index in [0.29, 0.717) is 5.75 Å². The standard InChI is InChI=1S/C18H11BrN2O3/c19-15-4-2-1-3-14(15)17-21-16(18(22)24-17)11-12-5-7-13(8-6-12)23-10-9-20/h1-8,11H,10H2/b16-11-. The van der Waals surface area contributed by atoms with Crippen LogP contribution in [0.15, 0.2) is 63.7 Å². The summed E-state index contributed by atoms with van der Waals surface area (Å²) in [5.41, 5.74) is 1.73. The predicted molar refractivity (Wildman–Crippen MR) is 92.3 cm³/mol. The molecule has 0 aromatic heterocycles. The number of rotatable bonds is 4. The van der Waals surface area contributed by atoms with Gasteiger partial charge in [0.2, 0.25) is 5.90 Å². The van der Waals surface area contributed by atoms with Gasteiger partial charge in [0.25, 0.3) is 0 Å². The van der Waals surface area contributed by atoms with E-state index in [-0.39, 0.29) is 18.2 Å². The summed E-state index contributed by atoms with van der Waals surface area (Å²) < 4.78 is 11.2. The van der Waals surface area contributed by atoms with E-state index in [1.165, 1.54) is 0 Å². The van der Waals surface area contributed by atoms with Crippen molar-refractivity contribution in [2.45, 2.75) is 0 Å². The average Bonchev–Trinajstić information content (AvgIpc) is 2.95. The van der Waals surface area contributed by atoms with Gasteiger partial charge in [0, 0.05) is 4.47 Å². The van der Waals surface area contributed by atoms with Crippen molar-refractivity contribution < 1.29 is 14.3 Å². The fourth-order valence-electron chi connectivity index (χ4n) is 2.09. The maximum atomic E-state index is 12.0. The molecule has 0 aliphatic carbocycles. The van der Waals surface area contributed by atoms with Gasteiger partial charge in [-0.1, -0.05) is 24.3 Å². The molecule has 5 nitrogen and oxygen atoms in total. The average molecular weight is 383 g/mol. The minimum absolute atomic E-state index is 0.00757. The van der Waals surface area contributed by atoms with Gasteiger partial charge >= 0.3 is 5.97 Å². The van der Waals surface area contributed by atoms with Crippen LogP contribution in [0.5, 0.6) is 5.75 Å². The lowest BCUT2D eigenvalue weighted by Crippen LogP contribution is -2.05. The van der Waals surface area contributed by atoms with Crippen molar-refractivity contribution in [3.63, 3.8) is 0 Å². The highest BCUT2D eigenvalue weighted by molar-refractivity contribution is 9.10. The summed E-state index contributed by atoms with van der Waals surface area (Å²) in [4.78, 5) is 16.3. The normalized spacial score (nSPS) is 14.9. The van der Waals surface area contributed by atoms with Crippen LogP contribution in [-0.2, 0) is 9.53 Å². The monoisotopic (exact) mass is 382 g/mol. The van der Waals surface area contributed by atoms with Crippen LogP contribution in [0.3, 0.4) is 0 Å². The minimum Gasteiger partial charge on any atom is -0.479 e. The van der Waals surface area contributed by atoms with Gasteiger partial charge in [-0.15, -0.1) is 0 Å². The summed E-state index contributed by atoms with van der Waals surface area (Å²) in [5, 5.41) is 8.49. The molecule has 1 heterocycles. The van der Waals surface area contributed by atoms with E-state index < -0.39 is 5.97 Å². The molecular weight excluding hydrogens is 372 g/mol. The first-order valence-electron chi connectivity index (χ1n) is 7.04. The van der Waals surface area contributed by atoms with Gasteiger partial charge < -0.3 is 9.47 Å². The number of esters is 1. The lowest BCUT2D eigenvalue weighted by molar-refractivity contribution is -0.129. The fourth-order valence-corrected chi connectivity index (χ4v) is 2.55. The maximum Gasteiger partial charge on any atom is 0.363 e. The molecule has 2 aromatic rings. The smallest absolute Gasteiger partial charge is 0.363 e. The van der Waals surface area contributed by atoms with Crippen molar-refractivity contribution in [2.24, 2.45) is 4.99 Å². The molecule has 0 fully saturated rings. The number of carbonyl (C=O) groups is 1. The number of aliphatic imine (C=N–C) groups is 1. The molecule has 6 heteroatoms. The highest BCUT2D eigenvalue weighted by Crippen LogP contribution is 2.24. The number of hydrogen-bond acceptors (Lipinski definition) is 5. The second-order valence-corrected chi connectivity index (χ2v) is 5.69. The summed E-state index contributed by atoms with van der Waals surface area (Å²) in [6.45, 7) is -0.00757. The highest BCUT2D eigenvalue weighted by Gasteiger charge is 2.25. The zero-order chi connectivity index (χ0) is 16.9. The lowest BCUT2D eigenvalue weighted by Gasteiger charge is -2.01. The van der Waals surface area contributed by atoms with Crippen LogP contribution < -0.4 is 4.74 Å². The molecule has 118 valence electrons. The molecule has 3 rings (SSSR count). The predicted octanol–water partition coefficient (Wildman–Crippen LogP) is 3.70. The lowest BCUT2D eigenvalue weighted by atomic mass is 10.2. The van der Waals surface area contributed by atoms with Gasteiger partial charge in [0.05, 0.1) is 5.56 Å². The van der Waals surface area contributed by atoms with Crippen molar-refractivity contribution in [3.8, 4) is 11.8 Å². The maximum absolute atomic E-state index is 12.0. The van der Waals surface area contributed by atoms with Crippen molar-refractivity contribution in [1.29, 1.82) is 5.26 Å². The number of benzene rings is 2. The summed E-state index contributed by atoms with van der Waals surface area (Å²) in [6.07, 6.45) is 1.64. The molecule has 0 amide bonds. The third-order valence-electron chi connectivity index (χ3n) is 3.21. The topological polar surface area (TPSA) is 71.7 Å². The fraction of sp³-hybridized carbons (Fsp3) is 0.0556. The molecule has 2 aromatic carbocycles. The third kappa shape index (κ3) is 3.53. The van der Waals surface area contributed by atoms with Crippen LogP contribution >= 0.6 is 15.9 Å². The number of nitriles is 1. The van der Waals surface area contributed by atoms with Gasteiger partial charge in [-0.25, -0.2) is 9.79 Å². The summed E-state index contributed by atoms with van der Waals surface area (Å²) in [6, 6.07) is 16.3. The molecule has 1 aliphatic heterocycles. The van der Waals surface area contributed by atoms with Crippen LogP contribution in [0.2, 0.25) is 0 Å². The molecule has 0 N–H and O–H groups in total. The van der Waals surface area contributed by atoms with Crippen molar-refractivity contribution in [3.05, 3.63) is 69.8 Å². The van der Waals surface area contributed by atoms with Crippen molar-refractivity contribution in [2.75, 3.05) is 6.61 Å². The Morgan fingerprint density at radius 3 is 2.67 bits per heavy atom. The van der Waals surface area contributed by atoms with Crippen LogP contribution in [0.25, 0.3) is 6.08 Å². The Bertz CT molecular complexity index is 880. The Hall–Kier alpha value is -2.91. The molecular formula is C18H11BrN2O3. The van der Waals surface area contributed by atoms with Crippen molar-refractivity contribution >= 4 is 33.9 Å². The summed E-state index contributed by atoms with van der Waals surface area (Å²) in [7, 11) is 0. The van der Waals surface area contributed by atoms with Crippen LogP contribution in [0, 0.1) is 11.3 Å². The SMILES string of the molecule is N#CCOc1ccc(/C=C2\N=C(c3ccccc3Br)OC2=O)cc1. The van der Waals surface area contributed by atoms with Gasteiger partial charge in [0.15, 0.2) is 12.3 Å². The highest BCUT2D eigenvalue weighted by atomic mass is 79.9. The van der Waals surface area contributed by atoms with Crippen LogP contribution in [0.4, 0.5) is 0 Å². The molecule has 0 spiro atoms. The first-order valence-corrected chi connectivity index (χ1v) is 7.84. The van der Waals surface area contributed by atoms with E-state index in [9.17, 15) is 4.79 Å². The van der Waals surface area contributed by atoms with E-state index in [2.05, 4.69) is 20.9 Å². The molecule has 0 saturated heterocycles. The first kappa shape index (κ1) is 16.0. The van der Waals surface area contributed by atoms with E-state index in [1.807, 2.05) is 30.3 Å². The van der Waals surface area contributed by atoms with E-state index in [0.717, 1.165) is 15.6 Å². The Balaban J connectivity index is 1.84.